The van der Waals surface area contributed by atoms with E-state index in [0.717, 1.165) is 25.0 Å². The highest BCUT2D eigenvalue weighted by Crippen LogP contribution is 2.37. The maximum absolute atomic E-state index is 11.7. The van der Waals surface area contributed by atoms with Gasteiger partial charge in [0.1, 0.15) is 0 Å². The third-order valence-corrected chi connectivity index (χ3v) is 3.89. The second-order valence-corrected chi connectivity index (χ2v) is 5.18. The fourth-order valence-electron chi connectivity index (χ4n) is 1.45. The molecule has 1 heterocycles. The van der Waals surface area contributed by atoms with Crippen LogP contribution < -0.4 is 11.1 Å². The van der Waals surface area contributed by atoms with Crippen molar-refractivity contribution >= 4 is 17.7 Å². The first-order valence-electron chi connectivity index (χ1n) is 4.81. The van der Waals surface area contributed by atoms with Gasteiger partial charge in [0, 0.05) is 6.54 Å². The third kappa shape index (κ3) is 2.88. The molecule has 4 heteroatoms. The Morgan fingerprint density at radius 2 is 2.46 bits per heavy atom. The molecular formula is C9H18N2OS. The van der Waals surface area contributed by atoms with Crippen molar-refractivity contribution in [2.45, 2.75) is 30.9 Å². The Hall–Kier alpha value is -0.220. The summed E-state index contributed by atoms with van der Waals surface area (Å²) >= 11 is 1.77. The molecule has 1 atom stereocenters. The van der Waals surface area contributed by atoms with Crippen molar-refractivity contribution in [2.24, 2.45) is 5.73 Å². The Bertz CT molecular complexity index is 178. The summed E-state index contributed by atoms with van der Waals surface area (Å²) in [7, 11) is 0. The lowest BCUT2D eigenvalue weighted by Crippen LogP contribution is -2.41. The predicted molar refractivity (Wildman–Crippen MR) is 56.8 cm³/mol. The minimum atomic E-state index is -0.172. The molecule has 1 amide bonds. The molecule has 1 aliphatic heterocycles. The lowest BCUT2D eigenvalue weighted by Gasteiger charge is -2.21. The van der Waals surface area contributed by atoms with E-state index in [9.17, 15) is 4.79 Å². The van der Waals surface area contributed by atoms with Gasteiger partial charge in [0.15, 0.2) is 0 Å². The number of nitrogens with two attached hydrogens (primary N) is 1. The van der Waals surface area contributed by atoms with Gasteiger partial charge >= 0.3 is 0 Å². The monoisotopic (exact) mass is 202 g/mol. The first-order chi connectivity index (χ1) is 6.19. The van der Waals surface area contributed by atoms with E-state index in [2.05, 4.69) is 5.32 Å². The summed E-state index contributed by atoms with van der Waals surface area (Å²) in [6.07, 6.45) is 3.03. The zero-order valence-electron chi connectivity index (χ0n) is 8.14. The molecule has 13 heavy (non-hydrogen) atoms. The van der Waals surface area contributed by atoms with Gasteiger partial charge in [0.25, 0.3) is 0 Å². The molecule has 0 aromatic rings. The Morgan fingerprint density at radius 3 is 3.00 bits per heavy atom. The molecule has 1 saturated heterocycles. The highest BCUT2D eigenvalue weighted by atomic mass is 32.2. The summed E-state index contributed by atoms with van der Waals surface area (Å²) in [6.45, 7) is 3.39. The number of carbonyl (C=O) groups is 1. The fourth-order valence-corrected chi connectivity index (χ4v) is 2.68. The van der Waals surface area contributed by atoms with E-state index in [-0.39, 0.29) is 10.7 Å². The summed E-state index contributed by atoms with van der Waals surface area (Å²) < 4.78 is -0.172. The minimum Gasteiger partial charge on any atom is -0.355 e. The molecular weight excluding hydrogens is 184 g/mol. The lowest BCUT2D eigenvalue weighted by atomic mass is 10.1. The summed E-state index contributed by atoms with van der Waals surface area (Å²) in [5.41, 5.74) is 5.34. The quantitative estimate of drug-likeness (QED) is 0.661. The molecule has 0 aromatic carbocycles. The van der Waals surface area contributed by atoms with Crippen molar-refractivity contribution in [3.05, 3.63) is 0 Å². The van der Waals surface area contributed by atoms with E-state index < -0.39 is 0 Å². The lowest BCUT2D eigenvalue weighted by molar-refractivity contribution is -0.123. The number of amides is 1. The molecule has 1 fully saturated rings. The maximum Gasteiger partial charge on any atom is 0.235 e. The first-order valence-corrected chi connectivity index (χ1v) is 5.80. The van der Waals surface area contributed by atoms with Gasteiger partial charge in [-0.3, -0.25) is 4.79 Å². The minimum absolute atomic E-state index is 0.172. The van der Waals surface area contributed by atoms with Gasteiger partial charge < -0.3 is 11.1 Å². The van der Waals surface area contributed by atoms with Gasteiger partial charge in [-0.05, 0) is 38.5 Å². The molecule has 3 N–H and O–H groups in total. The van der Waals surface area contributed by atoms with Crippen molar-refractivity contribution in [2.75, 3.05) is 18.8 Å². The second-order valence-electron chi connectivity index (χ2n) is 3.58. The summed E-state index contributed by atoms with van der Waals surface area (Å²) in [6, 6.07) is 0. The number of hydrogen-bond donors (Lipinski definition) is 2. The molecule has 0 saturated carbocycles. The fraction of sp³-hybridized carbons (Fsp3) is 0.889. The topological polar surface area (TPSA) is 55.1 Å². The van der Waals surface area contributed by atoms with Crippen LogP contribution in [0, 0.1) is 0 Å². The van der Waals surface area contributed by atoms with Crippen LogP contribution in [-0.4, -0.2) is 29.5 Å². The van der Waals surface area contributed by atoms with Crippen LogP contribution in [0.5, 0.6) is 0 Å². The van der Waals surface area contributed by atoms with Crippen LogP contribution in [0.2, 0.25) is 0 Å². The number of thioether (sulfide) groups is 1. The SMILES string of the molecule is CC1(C(=O)NCCCN)CCCS1. The van der Waals surface area contributed by atoms with Gasteiger partial charge in [-0.25, -0.2) is 0 Å². The van der Waals surface area contributed by atoms with Crippen molar-refractivity contribution < 1.29 is 4.79 Å². The molecule has 3 nitrogen and oxygen atoms in total. The smallest absolute Gasteiger partial charge is 0.235 e. The molecule has 0 spiro atoms. The molecule has 0 aliphatic carbocycles. The van der Waals surface area contributed by atoms with Crippen LogP contribution in [0.25, 0.3) is 0 Å². The van der Waals surface area contributed by atoms with Crippen LogP contribution in [-0.2, 0) is 4.79 Å². The molecule has 0 bridgehead atoms. The Morgan fingerprint density at radius 1 is 1.69 bits per heavy atom. The molecule has 1 rings (SSSR count). The Labute approximate surface area is 83.8 Å². The number of rotatable bonds is 4. The van der Waals surface area contributed by atoms with Crippen LogP contribution >= 0.6 is 11.8 Å². The largest absolute Gasteiger partial charge is 0.355 e. The normalized spacial score (nSPS) is 27.5. The summed E-state index contributed by atoms with van der Waals surface area (Å²) in [4.78, 5) is 11.7. The molecule has 76 valence electrons. The van der Waals surface area contributed by atoms with E-state index in [1.807, 2.05) is 6.92 Å². The zero-order valence-corrected chi connectivity index (χ0v) is 8.95. The Kier molecular flexibility index (Phi) is 4.06. The Balaban J connectivity index is 2.29. The van der Waals surface area contributed by atoms with E-state index in [0.29, 0.717) is 13.1 Å². The number of hydrogen-bond acceptors (Lipinski definition) is 3. The van der Waals surface area contributed by atoms with Crippen LogP contribution in [0.3, 0.4) is 0 Å². The first kappa shape index (κ1) is 10.9. The van der Waals surface area contributed by atoms with Crippen molar-refractivity contribution in [1.29, 1.82) is 0 Å². The van der Waals surface area contributed by atoms with Gasteiger partial charge in [-0.2, -0.15) is 0 Å². The van der Waals surface area contributed by atoms with Crippen molar-refractivity contribution in [3.8, 4) is 0 Å². The summed E-state index contributed by atoms with van der Waals surface area (Å²) in [5.74, 6) is 1.30. The summed E-state index contributed by atoms with van der Waals surface area (Å²) in [5, 5.41) is 2.93. The van der Waals surface area contributed by atoms with Crippen LogP contribution in [0.1, 0.15) is 26.2 Å². The number of carbonyl (C=O) groups excluding carboxylic acids is 1. The molecule has 1 aliphatic rings. The van der Waals surface area contributed by atoms with E-state index in [4.69, 9.17) is 5.73 Å². The average molecular weight is 202 g/mol. The molecule has 0 aromatic heterocycles. The van der Waals surface area contributed by atoms with Crippen molar-refractivity contribution in [1.82, 2.24) is 5.32 Å². The highest BCUT2D eigenvalue weighted by molar-refractivity contribution is 8.01. The predicted octanol–water partition coefficient (Wildman–Crippen LogP) is 0.737. The van der Waals surface area contributed by atoms with E-state index >= 15 is 0 Å². The van der Waals surface area contributed by atoms with Crippen molar-refractivity contribution in [3.63, 3.8) is 0 Å². The van der Waals surface area contributed by atoms with Crippen LogP contribution in [0.4, 0.5) is 0 Å². The maximum atomic E-state index is 11.7. The van der Waals surface area contributed by atoms with Gasteiger partial charge in [-0.15, -0.1) is 11.8 Å². The third-order valence-electron chi connectivity index (χ3n) is 2.37. The zero-order chi connectivity index (χ0) is 9.73. The highest BCUT2D eigenvalue weighted by Gasteiger charge is 2.36. The second kappa shape index (κ2) is 4.86. The number of nitrogens with one attached hydrogen (secondary N) is 1. The van der Waals surface area contributed by atoms with E-state index in [1.54, 1.807) is 11.8 Å². The van der Waals surface area contributed by atoms with Gasteiger partial charge in [0.2, 0.25) is 5.91 Å². The molecule has 0 radical (unpaired) electrons. The molecule has 1 unspecified atom stereocenters. The van der Waals surface area contributed by atoms with Gasteiger partial charge in [0.05, 0.1) is 4.75 Å². The van der Waals surface area contributed by atoms with E-state index in [1.165, 1.54) is 0 Å². The van der Waals surface area contributed by atoms with Gasteiger partial charge in [-0.1, -0.05) is 0 Å². The average Bonchev–Trinajstić information content (AvgIpc) is 2.54. The van der Waals surface area contributed by atoms with Crippen LogP contribution in [0.15, 0.2) is 0 Å². The standard InChI is InChI=1S/C9H18N2OS/c1-9(4-2-7-13-9)8(12)11-6-3-5-10/h2-7,10H2,1H3,(H,11,12).